The number of phenols is 1. The molecule has 3 aromatic carbocycles. The van der Waals surface area contributed by atoms with Crippen molar-refractivity contribution >= 4 is 48.0 Å². The number of fused-ring (bicyclic) bond motifs is 1. The van der Waals surface area contributed by atoms with Gasteiger partial charge in [0.1, 0.15) is 11.4 Å². The van der Waals surface area contributed by atoms with Crippen molar-refractivity contribution in [3.63, 3.8) is 0 Å². The molecule has 0 atom stereocenters. The molecule has 12 heteroatoms. The van der Waals surface area contributed by atoms with Gasteiger partial charge < -0.3 is 15.4 Å². The molecule has 4 N–H and O–H groups in total. The van der Waals surface area contributed by atoms with Crippen LogP contribution in [0.5, 0.6) is 5.75 Å². The fourth-order valence-corrected chi connectivity index (χ4v) is 5.33. The number of nitrogens with zero attached hydrogens (tertiary/aromatic N) is 1. The number of carbonyl (C=O) groups excluding carboxylic acids is 1. The summed E-state index contributed by atoms with van der Waals surface area (Å²) in [6.07, 6.45) is 1.03. The van der Waals surface area contributed by atoms with Gasteiger partial charge in [-0.25, -0.2) is 16.8 Å². The molecule has 4 rings (SSSR count). The van der Waals surface area contributed by atoms with E-state index in [0.29, 0.717) is 16.6 Å². The molecule has 0 aliphatic carbocycles. The van der Waals surface area contributed by atoms with Crippen molar-refractivity contribution in [2.75, 3.05) is 16.3 Å². The van der Waals surface area contributed by atoms with Gasteiger partial charge in [-0.3, -0.25) is 9.52 Å². The third-order valence-corrected chi connectivity index (χ3v) is 7.24. The maximum atomic E-state index is 13.0. The lowest BCUT2D eigenvalue weighted by Crippen LogP contribution is -2.13. The van der Waals surface area contributed by atoms with Crippen LogP contribution >= 0.6 is 0 Å². The molecule has 1 aromatic heterocycles. The van der Waals surface area contributed by atoms with Crippen molar-refractivity contribution in [2.24, 2.45) is 0 Å². The van der Waals surface area contributed by atoms with E-state index in [2.05, 4.69) is 15.0 Å². The van der Waals surface area contributed by atoms with Crippen molar-refractivity contribution in [3.8, 4) is 11.8 Å². The molecule has 0 aliphatic heterocycles. The van der Waals surface area contributed by atoms with Crippen molar-refractivity contribution in [1.29, 1.82) is 5.26 Å². The van der Waals surface area contributed by atoms with Crippen LogP contribution in [0.4, 0.5) is 11.4 Å². The molecule has 0 unspecified atom stereocenters. The Morgan fingerprint density at radius 3 is 2.43 bits per heavy atom. The molecule has 178 valence electrons. The number of anilines is 2. The van der Waals surface area contributed by atoms with E-state index in [1.807, 2.05) is 0 Å². The van der Waals surface area contributed by atoms with Crippen molar-refractivity contribution in [2.45, 2.75) is 9.79 Å². The number of amides is 1. The number of aromatic hydroxyl groups is 1. The van der Waals surface area contributed by atoms with Gasteiger partial charge in [-0.05, 0) is 54.6 Å². The fraction of sp³-hybridized carbons (Fsp3) is 0.0435. The zero-order valence-corrected chi connectivity index (χ0v) is 19.7. The molecule has 0 saturated heterocycles. The molecule has 4 aromatic rings. The summed E-state index contributed by atoms with van der Waals surface area (Å²) in [7, 11) is -7.54. The van der Waals surface area contributed by atoms with Gasteiger partial charge in [0.2, 0.25) is 19.9 Å². The lowest BCUT2D eigenvalue weighted by Gasteiger charge is -2.09. The summed E-state index contributed by atoms with van der Waals surface area (Å²) in [6, 6.07) is 17.0. The molecule has 0 bridgehead atoms. The van der Waals surface area contributed by atoms with Gasteiger partial charge >= 0.3 is 0 Å². The van der Waals surface area contributed by atoms with Gasteiger partial charge in [0.05, 0.1) is 33.4 Å². The highest BCUT2D eigenvalue weighted by atomic mass is 32.2. The van der Waals surface area contributed by atoms with E-state index in [0.717, 1.165) is 24.5 Å². The lowest BCUT2D eigenvalue weighted by molar-refractivity contribution is 0.102. The van der Waals surface area contributed by atoms with Crippen LogP contribution in [-0.2, 0) is 19.9 Å². The summed E-state index contributed by atoms with van der Waals surface area (Å²) in [5.74, 6) is -0.904. The number of H-pyrrole nitrogens is 1. The number of sulfone groups is 1. The maximum absolute atomic E-state index is 13.0. The molecule has 0 saturated carbocycles. The zero-order valence-electron chi connectivity index (χ0n) is 18.1. The number of hydrogen-bond acceptors (Lipinski definition) is 7. The minimum Gasteiger partial charge on any atom is -0.508 e. The van der Waals surface area contributed by atoms with E-state index in [9.17, 15) is 26.7 Å². The summed E-state index contributed by atoms with van der Waals surface area (Å²) in [6.45, 7) is 0. The van der Waals surface area contributed by atoms with Gasteiger partial charge in [0.15, 0.2) is 0 Å². The third kappa shape index (κ3) is 5.26. The molecule has 1 amide bonds. The number of aromatic nitrogens is 1. The predicted octanol–water partition coefficient (Wildman–Crippen LogP) is 3.20. The topological polar surface area (TPSA) is 169 Å². The van der Waals surface area contributed by atoms with E-state index >= 15 is 0 Å². The second-order valence-electron chi connectivity index (χ2n) is 7.67. The van der Waals surface area contributed by atoms with Crippen LogP contribution in [0.2, 0.25) is 0 Å². The first-order chi connectivity index (χ1) is 16.4. The Balaban J connectivity index is 1.60. The van der Waals surface area contributed by atoms with Crippen molar-refractivity contribution in [3.05, 3.63) is 78.0 Å². The monoisotopic (exact) mass is 510 g/mol. The molecule has 0 fully saturated rings. The largest absolute Gasteiger partial charge is 0.508 e. The van der Waals surface area contributed by atoms with Crippen LogP contribution in [-0.4, -0.2) is 39.1 Å². The molecule has 0 radical (unpaired) electrons. The molecular formula is C23H18N4O6S2. The summed E-state index contributed by atoms with van der Waals surface area (Å²) in [5.41, 5.74) is 1.23. The fourth-order valence-electron chi connectivity index (χ4n) is 3.41. The van der Waals surface area contributed by atoms with Gasteiger partial charge in [-0.2, -0.15) is 5.26 Å². The Kier molecular flexibility index (Phi) is 5.98. The Morgan fingerprint density at radius 1 is 0.943 bits per heavy atom. The highest BCUT2D eigenvalue weighted by molar-refractivity contribution is 7.92. The second-order valence-corrected chi connectivity index (χ2v) is 11.4. The number of carbonyl (C=O) groups is 1. The second kappa shape index (κ2) is 8.79. The van der Waals surface area contributed by atoms with Gasteiger partial charge in [0, 0.05) is 16.6 Å². The SMILES string of the molecule is CS(=O)(=O)Nc1ccc2cc(C(=O)Nc3cccc(S(=O)(=O)c4cc(O)cc(C#N)c4)c3)[nH]c2c1. The summed E-state index contributed by atoms with van der Waals surface area (Å²) in [4.78, 5) is 15.3. The van der Waals surface area contributed by atoms with Crippen LogP contribution < -0.4 is 10.0 Å². The Bertz CT molecular complexity index is 1740. The van der Waals surface area contributed by atoms with Gasteiger partial charge in [-0.15, -0.1) is 0 Å². The number of nitrogens with one attached hydrogen (secondary N) is 3. The smallest absolute Gasteiger partial charge is 0.272 e. The first kappa shape index (κ1) is 23.8. The number of nitriles is 1. The zero-order chi connectivity index (χ0) is 25.4. The third-order valence-electron chi connectivity index (χ3n) is 4.90. The molecule has 0 spiro atoms. The van der Waals surface area contributed by atoms with Gasteiger partial charge in [-0.1, -0.05) is 12.1 Å². The minimum absolute atomic E-state index is 0.0123. The van der Waals surface area contributed by atoms with Crippen LogP contribution in [0.25, 0.3) is 10.9 Å². The first-order valence-electron chi connectivity index (χ1n) is 9.96. The molecular weight excluding hydrogens is 492 g/mol. The first-order valence-corrected chi connectivity index (χ1v) is 13.3. The van der Waals surface area contributed by atoms with E-state index in [1.165, 1.54) is 24.3 Å². The summed E-state index contributed by atoms with van der Waals surface area (Å²) in [5, 5.41) is 22.1. The normalized spacial score (nSPS) is 11.7. The molecule has 35 heavy (non-hydrogen) atoms. The minimum atomic E-state index is -4.08. The average molecular weight is 511 g/mol. The van der Waals surface area contributed by atoms with E-state index < -0.39 is 25.8 Å². The summed E-state index contributed by atoms with van der Waals surface area (Å²) >= 11 is 0. The summed E-state index contributed by atoms with van der Waals surface area (Å²) < 4.78 is 51.3. The highest BCUT2D eigenvalue weighted by Gasteiger charge is 2.20. The van der Waals surface area contributed by atoms with Crippen LogP contribution in [0.15, 0.2) is 76.5 Å². The van der Waals surface area contributed by atoms with Crippen molar-refractivity contribution in [1.82, 2.24) is 4.98 Å². The number of hydrogen-bond donors (Lipinski definition) is 4. The average Bonchev–Trinajstić information content (AvgIpc) is 3.21. The Morgan fingerprint density at radius 2 is 1.71 bits per heavy atom. The number of benzene rings is 3. The van der Waals surface area contributed by atoms with Crippen LogP contribution in [0.3, 0.4) is 0 Å². The number of aromatic amines is 1. The lowest BCUT2D eigenvalue weighted by atomic mass is 10.2. The number of phenolic OH excluding ortho intramolecular Hbond substituents is 1. The molecule has 0 aliphatic rings. The molecule has 1 heterocycles. The molecule has 10 nitrogen and oxygen atoms in total. The Labute approximate surface area is 200 Å². The predicted molar refractivity (Wildman–Crippen MR) is 129 cm³/mol. The van der Waals surface area contributed by atoms with Crippen molar-refractivity contribution < 1.29 is 26.7 Å². The number of rotatable bonds is 6. The Hall–Kier alpha value is -4.34. The van der Waals surface area contributed by atoms with E-state index in [4.69, 9.17) is 5.26 Å². The van der Waals surface area contributed by atoms with Gasteiger partial charge in [0.25, 0.3) is 5.91 Å². The quantitative estimate of drug-likeness (QED) is 0.309. The van der Waals surface area contributed by atoms with Crippen LogP contribution in [0.1, 0.15) is 16.1 Å². The highest BCUT2D eigenvalue weighted by Crippen LogP contribution is 2.27. The standard InChI is InChI=1S/C23H18N4O6S2/c1-34(30,31)27-17-6-5-15-9-22(26-21(15)11-17)23(29)25-16-3-2-4-19(10-16)35(32,33)20-8-14(13-24)7-18(28)12-20/h2-12,26-28H,1H3,(H,25,29). The van der Waals surface area contributed by atoms with Crippen LogP contribution in [0, 0.1) is 11.3 Å². The number of sulfonamides is 1. The van der Waals surface area contributed by atoms with E-state index in [-0.39, 0.29) is 32.5 Å². The van der Waals surface area contributed by atoms with E-state index in [1.54, 1.807) is 30.3 Å². The maximum Gasteiger partial charge on any atom is 0.272 e.